The van der Waals surface area contributed by atoms with Crippen molar-refractivity contribution in [2.24, 2.45) is 10.9 Å². The van der Waals surface area contributed by atoms with Crippen molar-refractivity contribution in [2.45, 2.75) is 33.2 Å². The Balaban J connectivity index is 1.47. The number of nitrogens with one attached hydrogen (secondary N) is 2. The maximum Gasteiger partial charge on any atom is 0.191 e. The number of thiazole rings is 1. The Kier molecular flexibility index (Phi) is 6.96. The van der Waals surface area contributed by atoms with Crippen molar-refractivity contribution in [1.82, 2.24) is 15.6 Å². The van der Waals surface area contributed by atoms with Gasteiger partial charge in [-0.3, -0.25) is 4.99 Å². The van der Waals surface area contributed by atoms with Crippen LogP contribution in [0.5, 0.6) is 0 Å². The molecule has 2 N–H and O–H groups in total. The van der Waals surface area contributed by atoms with Crippen LogP contribution in [0, 0.1) is 12.8 Å². The monoisotopic (exact) mass is 405 g/mol. The van der Waals surface area contributed by atoms with Crippen molar-refractivity contribution in [2.75, 3.05) is 31.6 Å². The molecule has 5 nitrogen and oxygen atoms in total. The normalized spacial score (nSPS) is 17.4. The van der Waals surface area contributed by atoms with Gasteiger partial charge in [0.15, 0.2) is 5.96 Å². The third-order valence-electron chi connectivity index (χ3n) is 4.94. The van der Waals surface area contributed by atoms with Crippen LogP contribution >= 0.6 is 22.9 Å². The number of aliphatic imine (C=N–C) groups is 1. The van der Waals surface area contributed by atoms with Gasteiger partial charge in [-0.2, -0.15) is 0 Å². The second-order valence-electron chi connectivity index (χ2n) is 6.91. The molecule has 7 heteroatoms. The van der Waals surface area contributed by atoms with Gasteiger partial charge in [-0.25, -0.2) is 4.98 Å². The molecular formula is C20H28ClN5S. The number of hydrogen-bond acceptors (Lipinski definition) is 4. The highest BCUT2D eigenvalue weighted by molar-refractivity contribution is 7.11. The molecule has 1 fully saturated rings. The van der Waals surface area contributed by atoms with Crippen LogP contribution in [0.4, 0.5) is 5.69 Å². The molecule has 1 atom stereocenters. The minimum Gasteiger partial charge on any atom is -0.371 e. The summed E-state index contributed by atoms with van der Waals surface area (Å²) in [6.07, 6.45) is 4.17. The summed E-state index contributed by atoms with van der Waals surface area (Å²) < 4.78 is 0. The molecule has 2 aromatic rings. The van der Waals surface area contributed by atoms with Gasteiger partial charge in [-0.05, 0) is 43.4 Å². The summed E-state index contributed by atoms with van der Waals surface area (Å²) in [5.74, 6) is 1.43. The minimum absolute atomic E-state index is 0.591. The molecule has 0 aliphatic carbocycles. The molecule has 1 aliphatic heterocycles. The quantitative estimate of drug-likeness (QED) is 0.566. The molecule has 3 rings (SSSR count). The Morgan fingerprint density at radius 3 is 3.00 bits per heavy atom. The van der Waals surface area contributed by atoms with Gasteiger partial charge in [0.1, 0.15) is 5.01 Å². The molecule has 0 radical (unpaired) electrons. The predicted octanol–water partition coefficient (Wildman–Crippen LogP) is 3.86. The topological polar surface area (TPSA) is 52.6 Å². The van der Waals surface area contributed by atoms with Gasteiger partial charge in [-0.1, -0.05) is 24.6 Å². The van der Waals surface area contributed by atoms with E-state index in [4.69, 9.17) is 11.6 Å². The van der Waals surface area contributed by atoms with Crippen LogP contribution in [-0.2, 0) is 13.0 Å². The Labute approximate surface area is 170 Å². The zero-order valence-electron chi connectivity index (χ0n) is 16.3. The highest BCUT2D eigenvalue weighted by Gasteiger charge is 2.24. The van der Waals surface area contributed by atoms with E-state index in [0.29, 0.717) is 12.5 Å². The van der Waals surface area contributed by atoms with E-state index in [0.717, 1.165) is 42.0 Å². The second kappa shape index (κ2) is 9.42. The molecule has 0 bridgehead atoms. The summed E-state index contributed by atoms with van der Waals surface area (Å²) >= 11 is 7.94. The summed E-state index contributed by atoms with van der Waals surface area (Å²) in [5, 5.41) is 8.72. The van der Waals surface area contributed by atoms with Gasteiger partial charge in [0.05, 0.1) is 6.54 Å². The van der Waals surface area contributed by atoms with E-state index in [1.165, 1.54) is 22.5 Å². The van der Waals surface area contributed by atoms with E-state index in [1.807, 2.05) is 19.3 Å². The SMILES string of the molecule is CCc1cnc(CNC(=NC)NCC2CCN(c3cc(Cl)ccc3C)C2)s1. The highest BCUT2D eigenvalue weighted by atomic mass is 35.5. The van der Waals surface area contributed by atoms with Crippen LogP contribution < -0.4 is 15.5 Å². The van der Waals surface area contributed by atoms with Crippen molar-refractivity contribution < 1.29 is 0 Å². The fourth-order valence-electron chi connectivity index (χ4n) is 3.36. The Morgan fingerprint density at radius 1 is 1.41 bits per heavy atom. The first-order chi connectivity index (χ1) is 13.1. The third-order valence-corrected chi connectivity index (χ3v) is 6.31. The second-order valence-corrected chi connectivity index (χ2v) is 8.55. The molecule has 1 unspecified atom stereocenters. The lowest BCUT2D eigenvalue weighted by atomic mass is 10.1. The summed E-state index contributed by atoms with van der Waals surface area (Å²) in [4.78, 5) is 12.5. The van der Waals surface area contributed by atoms with E-state index in [9.17, 15) is 0 Å². The Morgan fingerprint density at radius 2 is 2.26 bits per heavy atom. The van der Waals surface area contributed by atoms with E-state index in [-0.39, 0.29) is 0 Å². The molecule has 0 saturated carbocycles. The predicted molar refractivity (Wildman–Crippen MR) is 116 cm³/mol. The number of aryl methyl sites for hydroxylation is 2. The molecule has 0 spiro atoms. The van der Waals surface area contributed by atoms with Crippen molar-refractivity contribution in [3.8, 4) is 0 Å². The lowest BCUT2D eigenvalue weighted by Crippen LogP contribution is -2.39. The molecule has 1 aromatic carbocycles. The van der Waals surface area contributed by atoms with Crippen LogP contribution in [-0.4, -0.2) is 37.6 Å². The van der Waals surface area contributed by atoms with E-state index < -0.39 is 0 Å². The maximum atomic E-state index is 6.18. The molecule has 1 saturated heterocycles. The van der Waals surface area contributed by atoms with Crippen molar-refractivity contribution in [3.05, 3.63) is 44.9 Å². The maximum absolute atomic E-state index is 6.18. The average Bonchev–Trinajstić information content (AvgIpc) is 3.33. The van der Waals surface area contributed by atoms with Crippen molar-refractivity contribution in [3.63, 3.8) is 0 Å². The first-order valence-electron chi connectivity index (χ1n) is 9.48. The van der Waals surface area contributed by atoms with Gasteiger partial charge in [0.25, 0.3) is 0 Å². The number of halogens is 1. The molecule has 2 heterocycles. The number of nitrogens with zero attached hydrogens (tertiary/aromatic N) is 3. The Hall–Kier alpha value is -1.79. The van der Waals surface area contributed by atoms with Crippen molar-refractivity contribution in [1.29, 1.82) is 0 Å². The zero-order valence-corrected chi connectivity index (χ0v) is 17.8. The van der Waals surface area contributed by atoms with E-state index >= 15 is 0 Å². The summed E-state index contributed by atoms with van der Waals surface area (Å²) in [5.41, 5.74) is 2.53. The van der Waals surface area contributed by atoms with Gasteiger partial charge in [0, 0.05) is 48.5 Å². The number of aromatic nitrogens is 1. The van der Waals surface area contributed by atoms with Crippen LogP contribution in [0.2, 0.25) is 5.02 Å². The third kappa shape index (κ3) is 5.36. The van der Waals surface area contributed by atoms with E-state index in [2.05, 4.69) is 51.5 Å². The number of rotatable bonds is 6. The van der Waals surface area contributed by atoms with Crippen LogP contribution in [0.3, 0.4) is 0 Å². The first kappa shape index (κ1) is 20.0. The molecule has 146 valence electrons. The fraction of sp³-hybridized carbons (Fsp3) is 0.500. The highest BCUT2D eigenvalue weighted by Crippen LogP contribution is 2.29. The average molecular weight is 406 g/mol. The van der Waals surface area contributed by atoms with Crippen LogP contribution in [0.25, 0.3) is 0 Å². The zero-order chi connectivity index (χ0) is 19.2. The number of benzene rings is 1. The largest absolute Gasteiger partial charge is 0.371 e. The van der Waals surface area contributed by atoms with Crippen LogP contribution in [0.15, 0.2) is 29.4 Å². The van der Waals surface area contributed by atoms with Gasteiger partial charge >= 0.3 is 0 Å². The molecule has 27 heavy (non-hydrogen) atoms. The van der Waals surface area contributed by atoms with E-state index in [1.54, 1.807) is 11.3 Å². The smallest absolute Gasteiger partial charge is 0.191 e. The summed E-state index contributed by atoms with van der Waals surface area (Å²) in [6.45, 7) is 8.03. The first-order valence-corrected chi connectivity index (χ1v) is 10.7. The standard InChI is InChI=1S/C20H28ClN5S/c1-4-17-11-23-19(27-17)12-25-20(22-3)24-10-15-7-8-26(13-15)18-9-16(21)6-5-14(18)2/h5-6,9,11,15H,4,7-8,10,12-13H2,1-3H3,(H2,22,24,25). The van der Waals surface area contributed by atoms with Gasteiger partial charge in [-0.15, -0.1) is 11.3 Å². The Bertz CT molecular complexity index is 788. The number of anilines is 1. The molecule has 0 amide bonds. The van der Waals surface area contributed by atoms with Gasteiger partial charge in [0.2, 0.25) is 0 Å². The van der Waals surface area contributed by atoms with Crippen LogP contribution in [0.1, 0.15) is 28.8 Å². The fourth-order valence-corrected chi connectivity index (χ4v) is 4.32. The summed E-state index contributed by atoms with van der Waals surface area (Å²) in [7, 11) is 1.81. The number of guanidine groups is 1. The molecular weight excluding hydrogens is 378 g/mol. The minimum atomic E-state index is 0.591. The van der Waals surface area contributed by atoms with Gasteiger partial charge < -0.3 is 15.5 Å². The lowest BCUT2D eigenvalue weighted by Gasteiger charge is -2.21. The molecule has 1 aliphatic rings. The summed E-state index contributed by atoms with van der Waals surface area (Å²) in [6, 6.07) is 6.13. The molecule has 1 aromatic heterocycles. The number of hydrogen-bond donors (Lipinski definition) is 2. The van der Waals surface area contributed by atoms with Crippen molar-refractivity contribution >= 4 is 34.6 Å². The lowest BCUT2D eigenvalue weighted by molar-refractivity contribution is 0.565.